The second kappa shape index (κ2) is 7.47. The highest BCUT2D eigenvalue weighted by molar-refractivity contribution is 6.00. The van der Waals surface area contributed by atoms with E-state index >= 15 is 0 Å². The number of H-pyrrole nitrogens is 1. The van der Waals surface area contributed by atoms with Crippen molar-refractivity contribution in [1.29, 1.82) is 0 Å². The Morgan fingerprint density at radius 2 is 2.14 bits per heavy atom. The van der Waals surface area contributed by atoms with Crippen LogP contribution in [-0.4, -0.2) is 39.3 Å². The second-order valence-electron chi connectivity index (χ2n) is 7.04. The molecule has 2 heterocycles. The Morgan fingerprint density at radius 3 is 2.90 bits per heavy atom. The topological polar surface area (TPSA) is 78.5 Å². The van der Waals surface area contributed by atoms with Gasteiger partial charge in [0.05, 0.1) is 12.6 Å². The fourth-order valence-electron chi connectivity index (χ4n) is 3.86. The van der Waals surface area contributed by atoms with Gasteiger partial charge in [-0.25, -0.2) is 0 Å². The Hall–Kier alpha value is -3.54. The molecule has 148 valence electrons. The summed E-state index contributed by atoms with van der Waals surface area (Å²) in [6, 6.07) is 12.7. The van der Waals surface area contributed by atoms with Crippen LogP contribution in [0.3, 0.4) is 0 Å². The van der Waals surface area contributed by atoms with E-state index in [-0.39, 0.29) is 17.7 Å². The number of phenolic OH excluding ortho intramolecular Hbond substituents is 1. The predicted molar refractivity (Wildman–Crippen MR) is 111 cm³/mol. The Bertz CT molecular complexity index is 1090. The molecule has 6 heteroatoms. The summed E-state index contributed by atoms with van der Waals surface area (Å²) in [5, 5.41) is 17.7. The maximum Gasteiger partial charge on any atom is 0.273 e. The third kappa shape index (κ3) is 3.16. The van der Waals surface area contributed by atoms with Crippen molar-refractivity contribution in [2.24, 2.45) is 0 Å². The number of hydrogen-bond donors (Lipinski definition) is 2. The van der Waals surface area contributed by atoms with Crippen LogP contribution in [-0.2, 0) is 0 Å². The number of carbonyl (C=O) groups is 1. The quantitative estimate of drug-likeness (QED) is 0.619. The van der Waals surface area contributed by atoms with E-state index in [0.717, 1.165) is 22.4 Å². The number of nitrogens with zero attached hydrogens (tertiary/aromatic N) is 2. The monoisotopic (exact) mass is 389 g/mol. The van der Waals surface area contributed by atoms with Gasteiger partial charge in [-0.2, -0.15) is 5.10 Å². The molecule has 0 fully saturated rings. The molecule has 1 aromatic heterocycles. The molecule has 1 atom stereocenters. The van der Waals surface area contributed by atoms with E-state index in [9.17, 15) is 9.90 Å². The first-order valence-electron chi connectivity index (χ1n) is 9.58. The molecule has 0 bridgehead atoms. The van der Waals surface area contributed by atoms with Crippen molar-refractivity contribution < 1.29 is 14.6 Å². The third-order valence-electron chi connectivity index (χ3n) is 5.08. The molecule has 1 aliphatic rings. The minimum absolute atomic E-state index is 0.126. The van der Waals surface area contributed by atoms with Crippen LogP contribution < -0.4 is 4.74 Å². The number of carbonyl (C=O) groups excluding carboxylic acids is 1. The molecule has 0 saturated carbocycles. The summed E-state index contributed by atoms with van der Waals surface area (Å²) in [5.41, 5.74) is 4.28. The summed E-state index contributed by atoms with van der Waals surface area (Å²) < 4.78 is 5.66. The number of aromatic amines is 1. The Balaban J connectivity index is 1.91. The summed E-state index contributed by atoms with van der Waals surface area (Å²) in [6.45, 7) is 8.64. The maximum absolute atomic E-state index is 13.1. The lowest BCUT2D eigenvalue weighted by molar-refractivity contribution is 0.0764. The highest BCUT2D eigenvalue weighted by atomic mass is 16.5. The van der Waals surface area contributed by atoms with Crippen LogP contribution in [0.15, 0.2) is 55.1 Å². The number of aromatic hydroxyl groups is 1. The van der Waals surface area contributed by atoms with E-state index < -0.39 is 0 Å². The molecule has 4 rings (SSSR count). The number of amides is 1. The average Bonchev–Trinajstić information content (AvgIpc) is 3.24. The van der Waals surface area contributed by atoms with Crippen LogP contribution in [0.1, 0.15) is 40.1 Å². The van der Waals surface area contributed by atoms with Crippen molar-refractivity contribution in [2.45, 2.75) is 19.9 Å². The molecule has 2 aromatic carbocycles. The van der Waals surface area contributed by atoms with Crippen LogP contribution in [0.25, 0.3) is 11.3 Å². The molecule has 0 saturated heterocycles. The first-order valence-corrected chi connectivity index (χ1v) is 9.58. The summed E-state index contributed by atoms with van der Waals surface area (Å²) in [7, 11) is 0. The number of hydrogen-bond acceptors (Lipinski definition) is 4. The van der Waals surface area contributed by atoms with Gasteiger partial charge in [0.25, 0.3) is 5.91 Å². The molecule has 1 aliphatic heterocycles. The molecule has 29 heavy (non-hydrogen) atoms. The smallest absolute Gasteiger partial charge is 0.273 e. The van der Waals surface area contributed by atoms with Gasteiger partial charge in [-0.1, -0.05) is 29.8 Å². The number of nitrogens with one attached hydrogen (secondary N) is 1. The largest absolute Gasteiger partial charge is 0.507 e. The third-order valence-corrected chi connectivity index (χ3v) is 5.08. The van der Waals surface area contributed by atoms with Crippen molar-refractivity contribution in [3.63, 3.8) is 0 Å². The van der Waals surface area contributed by atoms with Crippen LogP contribution >= 0.6 is 0 Å². The van der Waals surface area contributed by atoms with Gasteiger partial charge in [0.2, 0.25) is 0 Å². The first-order chi connectivity index (χ1) is 14.0. The van der Waals surface area contributed by atoms with Crippen molar-refractivity contribution >= 4 is 5.91 Å². The fourth-order valence-corrected chi connectivity index (χ4v) is 3.86. The molecular weight excluding hydrogens is 366 g/mol. The normalized spacial score (nSPS) is 15.4. The van der Waals surface area contributed by atoms with Crippen molar-refractivity contribution in [2.75, 3.05) is 13.2 Å². The minimum atomic E-state index is -0.357. The predicted octanol–water partition coefficient (Wildman–Crippen LogP) is 4.22. The highest BCUT2D eigenvalue weighted by Crippen LogP contribution is 2.44. The fraction of sp³-hybridized carbons (Fsp3) is 0.217. The van der Waals surface area contributed by atoms with Gasteiger partial charge < -0.3 is 14.7 Å². The lowest BCUT2D eigenvalue weighted by Crippen LogP contribution is -2.29. The molecule has 3 aromatic rings. The number of rotatable bonds is 6. The molecule has 0 radical (unpaired) electrons. The van der Waals surface area contributed by atoms with Gasteiger partial charge in [-0.05, 0) is 43.7 Å². The summed E-state index contributed by atoms with van der Waals surface area (Å²) >= 11 is 0. The van der Waals surface area contributed by atoms with E-state index in [2.05, 4.69) is 16.8 Å². The number of aryl methyl sites for hydroxylation is 1. The number of phenols is 1. The van der Waals surface area contributed by atoms with E-state index in [4.69, 9.17) is 4.74 Å². The van der Waals surface area contributed by atoms with E-state index in [1.54, 1.807) is 17.0 Å². The molecule has 0 aliphatic carbocycles. The lowest BCUT2D eigenvalue weighted by Gasteiger charge is -2.25. The Kier molecular flexibility index (Phi) is 4.84. The van der Waals surface area contributed by atoms with Gasteiger partial charge in [0.15, 0.2) is 0 Å². The van der Waals surface area contributed by atoms with Crippen molar-refractivity contribution in [3.8, 4) is 22.8 Å². The van der Waals surface area contributed by atoms with E-state index in [0.29, 0.717) is 30.1 Å². The Morgan fingerprint density at radius 1 is 1.31 bits per heavy atom. The molecule has 0 spiro atoms. The van der Waals surface area contributed by atoms with Gasteiger partial charge in [-0.3, -0.25) is 9.89 Å². The molecule has 6 nitrogen and oxygen atoms in total. The lowest BCUT2D eigenvalue weighted by atomic mass is 9.95. The SMILES string of the molecule is C=CCN1C(=O)c2[nH]nc(-c3cc(C)ccc3O)c2[C@H]1c1cccc(OCC)c1. The Labute approximate surface area is 169 Å². The standard InChI is InChI=1S/C23H23N3O3/c1-4-11-26-22(15-7-6-8-16(13-15)29-5-2)19-20(24-25-21(19)23(26)28)17-12-14(3)9-10-18(17)27/h4,6-10,12-13,22,27H,1,5,11H2,2-3H3,(H,24,25)/t22-/m1/s1. The van der Waals surface area contributed by atoms with Crippen molar-refractivity contribution in [1.82, 2.24) is 15.1 Å². The number of benzene rings is 2. The van der Waals surface area contributed by atoms with E-state index in [1.165, 1.54) is 0 Å². The molecule has 1 amide bonds. The zero-order chi connectivity index (χ0) is 20.5. The molecular formula is C23H23N3O3. The summed E-state index contributed by atoms with van der Waals surface area (Å²) in [4.78, 5) is 14.8. The van der Waals surface area contributed by atoms with Crippen LogP contribution in [0.2, 0.25) is 0 Å². The van der Waals surface area contributed by atoms with Crippen LogP contribution in [0.4, 0.5) is 0 Å². The van der Waals surface area contributed by atoms with Gasteiger partial charge >= 0.3 is 0 Å². The van der Waals surface area contributed by atoms with Gasteiger partial charge in [0.1, 0.15) is 22.9 Å². The average molecular weight is 389 g/mol. The molecule has 0 unspecified atom stereocenters. The van der Waals surface area contributed by atoms with Crippen molar-refractivity contribution in [3.05, 3.63) is 77.5 Å². The van der Waals surface area contributed by atoms with Gasteiger partial charge in [-0.15, -0.1) is 6.58 Å². The molecule has 2 N–H and O–H groups in total. The zero-order valence-corrected chi connectivity index (χ0v) is 16.5. The maximum atomic E-state index is 13.1. The summed E-state index contributed by atoms with van der Waals surface area (Å²) in [6.07, 6.45) is 1.71. The first kappa shape index (κ1) is 18.8. The minimum Gasteiger partial charge on any atom is -0.507 e. The highest BCUT2D eigenvalue weighted by Gasteiger charge is 2.42. The number of ether oxygens (including phenoxy) is 1. The van der Waals surface area contributed by atoms with Gasteiger partial charge in [0, 0.05) is 17.7 Å². The summed E-state index contributed by atoms with van der Waals surface area (Å²) in [5.74, 6) is 0.729. The van der Waals surface area contributed by atoms with E-state index in [1.807, 2.05) is 50.2 Å². The number of aromatic nitrogens is 2. The second-order valence-corrected chi connectivity index (χ2v) is 7.04. The zero-order valence-electron chi connectivity index (χ0n) is 16.5. The number of fused-ring (bicyclic) bond motifs is 1. The van der Waals surface area contributed by atoms with Crippen LogP contribution in [0, 0.1) is 6.92 Å². The van der Waals surface area contributed by atoms with Crippen LogP contribution in [0.5, 0.6) is 11.5 Å².